The quantitative estimate of drug-likeness (QED) is 0.842. The predicted octanol–water partition coefficient (Wildman–Crippen LogP) is 3.79. The van der Waals surface area contributed by atoms with Gasteiger partial charge in [-0.3, -0.25) is 9.78 Å². The van der Waals surface area contributed by atoms with Crippen molar-refractivity contribution in [2.24, 2.45) is 0 Å². The average molecular weight is 349 g/mol. The Morgan fingerprint density at radius 2 is 2.19 bits per heavy atom. The second-order valence-electron chi connectivity index (χ2n) is 5.15. The molecule has 2 aromatic rings. The number of carbonyl (C=O) groups is 1. The zero-order valence-corrected chi connectivity index (χ0v) is 12.9. The summed E-state index contributed by atoms with van der Waals surface area (Å²) in [6, 6.07) is 8.25. The van der Waals surface area contributed by atoms with E-state index in [1.54, 1.807) is 12.4 Å². The molecule has 1 saturated carbocycles. The van der Waals surface area contributed by atoms with Gasteiger partial charge in [-0.1, -0.05) is 6.07 Å². The third kappa shape index (κ3) is 3.29. The lowest BCUT2D eigenvalue weighted by molar-refractivity contribution is 0.0729. The van der Waals surface area contributed by atoms with Crippen molar-refractivity contribution in [2.75, 3.05) is 0 Å². The topological polar surface area (TPSA) is 33.2 Å². The molecule has 1 amide bonds. The molecule has 3 rings (SSSR count). The summed E-state index contributed by atoms with van der Waals surface area (Å²) in [5, 5.41) is 0. The van der Waals surface area contributed by atoms with Crippen LogP contribution in [-0.4, -0.2) is 21.8 Å². The van der Waals surface area contributed by atoms with E-state index in [0.717, 1.165) is 18.4 Å². The van der Waals surface area contributed by atoms with Crippen molar-refractivity contribution < 1.29 is 9.18 Å². The van der Waals surface area contributed by atoms with Crippen molar-refractivity contribution in [2.45, 2.75) is 25.4 Å². The molecule has 5 heteroatoms. The summed E-state index contributed by atoms with van der Waals surface area (Å²) in [5.41, 5.74) is 1.49. The molecule has 0 saturated heterocycles. The molecule has 0 spiro atoms. The molecule has 1 fully saturated rings. The van der Waals surface area contributed by atoms with Crippen molar-refractivity contribution in [1.29, 1.82) is 0 Å². The van der Waals surface area contributed by atoms with Gasteiger partial charge in [-0.15, -0.1) is 0 Å². The molecule has 21 heavy (non-hydrogen) atoms. The summed E-state index contributed by atoms with van der Waals surface area (Å²) in [4.78, 5) is 18.6. The Morgan fingerprint density at radius 3 is 2.81 bits per heavy atom. The second-order valence-corrected chi connectivity index (χ2v) is 6.00. The summed E-state index contributed by atoms with van der Waals surface area (Å²) in [6.45, 7) is 0.529. The molecular weight excluding hydrogens is 335 g/mol. The van der Waals surface area contributed by atoms with E-state index < -0.39 is 0 Å². The van der Waals surface area contributed by atoms with Crippen LogP contribution in [0.4, 0.5) is 4.39 Å². The molecule has 1 aliphatic rings. The van der Waals surface area contributed by atoms with Crippen LogP contribution in [0.1, 0.15) is 28.8 Å². The van der Waals surface area contributed by atoms with E-state index in [-0.39, 0.29) is 17.8 Å². The zero-order valence-electron chi connectivity index (χ0n) is 11.3. The minimum absolute atomic E-state index is 0.0757. The monoisotopic (exact) mass is 348 g/mol. The van der Waals surface area contributed by atoms with Crippen molar-refractivity contribution in [1.82, 2.24) is 9.88 Å². The SMILES string of the molecule is O=C(c1ccc(F)cc1Br)N(Cc1cccnc1)C1CC1. The number of halogens is 2. The van der Waals surface area contributed by atoms with Gasteiger partial charge in [-0.05, 0) is 58.6 Å². The van der Waals surface area contributed by atoms with E-state index in [2.05, 4.69) is 20.9 Å². The summed E-state index contributed by atoms with van der Waals surface area (Å²) in [6.07, 6.45) is 5.52. The van der Waals surface area contributed by atoms with Gasteiger partial charge in [0.2, 0.25) is 0 Å². The van der Waals surface area contributed by atoms with Gasteiger partial charge in [0.05, 0.1) is 5.56 Å². The molecule has 0 aliphatic heterocycles. The lowest BCUT2D eigenvalue weighted by Crippen LogP contribution is -2.32. The van der Waals surface area contributed by atoms with E-state index in [9.17, 15) is 9.18 Å². The Bertz CT molecular complexity index is 659. The molecule has 0 unspecified atom stereocenters. The Balaban J connectivity index is 1.85. The normalized spacial score (nSPS) is 14.0. The summed E-state index contributed by atoms with van der Waals surface area (Å²) in [5.74, 6) is -0.433. The first-order valence-electron chi connectivity index (χ1n) is 6.80. The number of pyridine rings is 1. The van der Waals surface area contributed by atoms with Gasteiger partial charge in [-0.25, -0.2) is 4.39 Å². The van der Waals surface area contributed by atoms with Gasteiger partial charge in [0, 0.05) is 29.5 Å². The highest BCUT2D eigenvalue weighted by Crippen LogP contribution is 2.31. The van der Waals surface area contributed by atoms with Gasteiger partial charge in [-0.2, -0.15) is 0 Å². The molecule has 0 bridgehead atoms. The van der Waals surface area contributed by atoms with Crippen LogP contribution in [0, 0.1) is 5.82 Å². The van der Waals surface area contributed by atoms with E-state index in [1.165, 1.54) is 18.2 Å². The minimum Gasteiger partial charge on any atom is -0.331 e. The minimum atomic E-state index is -0.358. The maximum atomic E-state index is 13.2. The maximum absolute atomic E-state index is 13.2. The fourth-order valence-electron chi connectivity index (χ4n) is 2.26. The first kappa shape index (κ1) is 14.2. The van der Waals surface area contributed by atoms with Crippen molar-refractivity contribution in [3.63, 3.8) is 0 Å². The van der Waals surface area contributed by atoms with Crippen molar-refractivity contribution >= 4 is 21.8 Å². The van der Waals surface area contributed by atoms with Crippen molar-refractivity contribution in [3.8, 4) is 0 Å². The van der Waals surface area contributed by atoms with Crippen molar-refractivity contribution in [3.05, 3.63) is 64.1 Å². The summed E-state index contributed by atoms with van der Waals surface area (Å²) < 4.78 is 13.7. The molecule has 1 aliphatic carbocycles. The molecule has 1 heterocycles. The number of benzene rings is 1. The Morgan fingerprint density at radius 1 is 1.38 bits per heavy atom. The van der Waals surface area contributed by atoms with Crippen LogP contribution in [0.3, 0.4) is 0 Å². The first-order chi connectivity index (χ1) is 10.1. The first-order valence-corrected chi connectivity index (χ1v) is 7.59. The standard InChI is InChI=1S/C16H14BrFN2O/c17-15-8-12(18)3-6-14(15)16(21)20(13-4-5-13)10-11-2-1-7-19-9-11/h1-3,6-9,13H,4-5,10H2. The van der Waals surface area contributed by atoms with Crippen LogP contribution in [0.25, 0.3) is 0 Å². The van der Waals surface area contributed by atoms with Crippen LogP contribution in [0.5, 0.6) is 0 Å². The lowest BCUT2D eigenvalue weighted by atomic mass is 10.1. The molecule has 0 N–H and O–H groups in total. The van der Waals surface area contributed by atoms with E-state index in [4.69, 9.17) is 0 Å². The Kier molecular flexibility index (Phi) is 4.01. The number of aromatic nitrogens is 1. The molecular formula is C16H14BrFN2O. The predicted molar refractivity (Wildman–Crippen MR) is 81.2 cm³/mol. The third-order valence-corrected chi connectivity index (χ3v) is 4.14. The number of nitrogens with zero attached hydrogens (tertiary/aromatic N) is 2. The fraction of sp³-hybridized carbons (Fsp3) is 0.250. The maximum Gasteiger partial charge on any atom is 0.255 e. The van der Waals surface area contributed by atoms with Crippen LogP contribution < -0.4 is 0 Å². The number of hydrogen-bond acceptors (Lipinski definition) is 2. The largest absolute Gasteiger partial charge is 0.331 e. The van der Waals surface area contributed by atoms with E-state index >= 15 is 0 Å². The van der Waals surface area contributed by atoms with Crippen LogP contribution >= 0.6 is 15.9 Å². The van der Waals surface area contributed by atoms with E-state index in [1.807, 2.05) is 17.0 Å². The highest BCUT2D eigenvalue weighted by molar-refractivity contribution is 9.10. The van der Waals surface area contributed by atoms with E-state index in [0.29, 0.717) is 16.6 Å². The Hall–Kier alpha value is -1.75. The summed E-state index contributed by atoms with van der Waals surface area (Å²) in [7, 11) is 0. The molecule has 1 aromatic heterocycles. The number of carbonyl (C=O) groups excluding carboxylic acids is 1. The number of amides is 1. The lowest BCUT2D eigenvalue weighted by Gasteiger charge is -2.23. The van der Waals surface area contributed by atoms with Crippen LogP contribution in [0.15, 0.2) is 47.2 Å². The number of hydrogen-bond donors (Lipinski definition) is 0. The highest BCUT2D eigenvalue weighted by Gasteiger charge is 2.33. The Labute approximate surface area is 130 Å². The second kappa shape index (κ2) is 5.93. The number of rotatable bonds is 4. The molecule has 1 aromatic carbocycles. The molecule has 3 nitrogen and oxygen atoms in total. The van der Waals surface area contributed by atoms with Crippen LogP contribution in [0.2, 0.25) is 0 Å². The third-order valence-electron chi connectivity index (χ3n) is 3.49. The zero-order chi connectivity index (χ0) is 14.8. The van der Waals surface area contributed by atoms with Gasteiger partial charge < -0.3 is 4.90 Å². The molecule has 108 valence electrons. The summed E-state index contributed by atoms with van der Waals surface area (Å²) >= 11 is 3.27. The van der Waals surface area contributed by atoms with Gasteiger partial charge in [0.25, 0.3) is 5.91 Å². The molecule has 0 atom stereocenters. The highest BCUT2D eigenvalue weighted by atomic mass is 79.9. The van der Waals surface area contributed by atoms with Gasteiger partial charge in [0.15, 0.2) is 0 Å². The van der Waals surface area contributed by atoms with Crippen LogP contribution in [-0.2, 0) is 6.54 Å². The average Bonchev–Trinajstić information content (AvgIpc) is 3.30. The smallest absolute Gasteiger partial charge is 0.255 e. The van der Waals surface area contributed by atoms with Gasteiger partial charge in [0.1, 0.15) is 5.82 Å². The molecule has 0 radical (unpaired) electrons. The van der Waals surface area contributed by atoms with Gasteiger partial charge >= 0.3 is 0 Å². The fourth-order valence-corrected chi connectivity index (χ4v) is 2.78.